The number of carbonyl (C=O) groups is 3. The van der Waals surface area contributed by atoms with Gasteiger partial charge in [0.2, 0.25) is 5.91 Å². The van der Waals surface area contributed by atoms with Gasteiger partial charge in [0, 0.05) is 20.1 Å². The first-order chi connectivity index (χ1) is 9.31. The summed E-state index contributed by atoms with van der Waals surface area (Å²) in [5.41, 5.74) is 0. The maximum absolute atomic E-state index is 11.9. The number of urea groups is 1. The molecule has 0 rings (SSSR count). The molecule has 0 saturated carbocycles. The molecule has 0 aliphatic carbocycles. The van der Waals surface area contributed by atoms with Gasteiger partial charge in [-0.3, -0.25) is 9.59 Å². The summed E-state index contributed by atoms with van der Waals surface area (Å²) in [6.07, 6.45) is 0.497. The summed E-state index contributed by atoms with van der Waals surface area (Å²) in [5.74, 6) is -1.56. The first-order valence-corrected chi connectivity index (χ1v) is 6.77. The molecule has 0 bridgehead atoms. The Morgan fingerprint density at radius 3 is 2.25 bits per heavy atom. The molecule has 0 spiro atoms. The average Bonchev–Trinajstić information content (AvgIpc) is 2.39. The summed E-state index contributed by atoms with van der Waals surface area (Å²) < 4.78 is 0. The van der Waals surface area contributed by atoms with Gasteiger partial charge in [0.05, 0.1) is 5.92 Å². The van der Waals surface area contributed by atoms with Crippen molar-refractivity contribution in [2.75, 3.05) is 26.7 Å². The largest absolute Gasteiger partial charge is 0.481 e. The lowest BCUT2D eigenvalue weighted by molar-refractivity contribution is -0.142. The summed E-state index contributed by atoms with van der Waals surface area (Å²) in [7, 11) is 1.50. The summed E-state index contributed by atoms with van der Waals surface area (Å²) >= 11 is 0. The molecule has 0 aromatic heterocycles. The highest BCUT2D eigenvalue weighted by Crippen LogP contribution is 2.11. The summed E-state index contributed by atoms with van der Waals surface area (Å²) in [4.78, 5) is 35.5. The predicted octanol–water partition coefficient (Wildman–Crippen LogP) is 0.511. The molecule has 1 atom stereocenters. The average molecular weight is 287 g/mol. The molecular weight excluding hydrogens is 262 g/mol. The van der Waals surface area contributed by atoms with Crippen LogP contribution in [0.2, 0.25) is 0 Å². The maximum Gasteiger partial charge on any atom is 0.317 e. The van der Waals surface area contributed by atoms with E-state index >= 15 is 0 Å². The van der Waals surface area contributed by atoms with Crippen LogP contribution in [0.3, 0.4) is 0 Å². The quantitative estimate of drug-likeness (QED) is 0.605. The standard InChI is InChI=1S/C13H25N3O4/c1-5-16(8-11(17)14-4)13(20)15-7-10(12(18)19)6-9(2)3/h9-10H,5-8H2,1-4H3,(H,14,17)(H,15,20)(H,18,19). The molecule has 0 aliphatic heterocycles. The second-order valence-corrected chi connectivity index (χ2v) is 5.04. The lowest BCUT2D eigenvalue weighted by Crippen LogP contribution is -2.46. The molecule has 0 radical (unpaired) electrons. The number of rotatable bonds is 8. The molecule has 20 heavy (non-hydrogen) atoms. The zero-order valence-electron chi connectivity index (χ0n) is 12.6. The van der Waals surface area contributed by atoms with Crippen LogP contribution in [0.15, 0.2) is 0 Å². The van der Waals surface area contributed by atoms with Crippen LogP contribution in [0, 0.1) is 11.8 Å². The Labute approximate surface area is 119 Å². The molecule has 0 heterocycles. The smallest absolute Gasteiger partial charge is 0.317 e. The van der Waals surface area contributed by atoms with Crippen molar-refractivity contribution in [3.8, 4) is 0 Å². The van der Waals surface area contributed by atoms with Crippen LogP contribution >= 0.6 is 0 Å². The molecule has 3 N–H and O–H groups in total. The summed E-state index contributed by atoms with van der Waals surface area (Å²) in [6.45, 7) is 6.02. The highest BCUT2D eigenvalue weighted by molar-refractivity contribution is 5.84. The Kier molecular flexibility index (Phi) is 8.35. The van der Waals surface area contributed by atoms with Crippen LogP contribution in [-0.4, -0.2) is 54.6 Å². The Bertz CT molecular complexity index is 345. The van der Waals surface area contributed by atoms with E-state index in [4.69, 9.17) is 5.11 Å². The Morgan fingerprint density at radius 2 is 1.85 bits per heavy atom. The van der Waals surface area contributed by atoms with E-state index in [0.29, 0.717) is 13.0 Å². The van der Waals surface area contributed by atoms with Gasteiger partial charge in [-0.25, -0.2) is 4.79 Å². The number of likely N-dealkylation sites (N-methyl/N-ethyl adjacent to an activating group) is 2. The van der Waals surface area contributed by atoms with Gasteiger partial charge >= 0.3 is 12.0 Å². The third-order valence-corrected chi connectivity index (χ3v) is 2.89. The van der Waals surface area contributed by atoms with Crippen molar-refractivity contribution >= 4 is 17.9 Å². The van der Waals surface area contributed by atoms with Gasteiger partial charge in [-0.05, 0) is 19.3 Å². The van der Waals surface area contributed by atoms with E-state index in [1.165, 1.54) is 11.9 Å². The Balaban J connectivity index is 4.41. The highest BCUT2D eigenvalue weighted by Gasteiger charge is 2.21. The maximum atomic E-state index is 11.9. The fraction of sp³-hybridized carbons (Fsp3) is 0.769. The van der Waals surface area contributed by atoms with Crippen LogP contribution < -0.4 is 10.6 Å². The minimum atomic E-state index is -0.923. The SMILES string of the molecule is CCN(CC(=O)NC)C(=O)NCC(CC(C)C)C(=O)O. The molecule has 116 valence electrons. The van der Waals surface area contributed by atoms with Crippen molar-refractivity contribution in [2.24, 2.45) is 11.8 Å². The number of nitrogens with one attached hydrogen (secondary N) is 2. The number of aliphatic carboxylic acids is 1. The Morgan fingerprint density at radius 1 is 1.25 bits per heavy atom. The van der Waals surface area contributed by atoms with Crippen LogP contribution in [0.5, 0.6) is 0 Å². The minimum absolute atomic E-state index is 0.0409. The summed E-state index contributed by atoms with van der Waals surface area (Å²) in [6, 6.07) is -0.425. The van der Waals surface area contributed by atoms with Crippen molar-refractivity contribution in [1.82, 2.24) is 15.5 Å². The monoisotopic (exact) mass is 287 g/mol. The van der Waals surface area contributed by atoms with E-state index in [1.54, 1.807) is 6.92 Å². The zero-order chi connectivity index (χ0) is 15.7. The topological polar surface area (TPSA) is 98.7 Å². The lowest BCUT2D eigenvalue weighted by atomic mass is 9.97. The number of carboxylic acid groups (broad SMARTS) is 1. The first-order valence-electron chi connectivity index (χ1n) is 6.77. The lowest BCUT2D eigenvalue weighted by Gasteiger charge is -2.22. The normalized spacial score (nSPS) is 11.8. The molecule has 0 fully saturated rings. The van der Waals surface area contributed by atoms with Gasteiger partial charge in [-0.2, -0.15) is 0 Å². The number of carboxylic acids is 1. The number of hydrogen-bond donors (Lipinski definition) is 3. The molecule has 7 heteroatoms. The molecule has 0 aromatic carbocycles. The first kappa shape index (κ1) is 18.2. The predicted molar refractivity (Wildman–Crippen MR) is 75.3 cm³/mol. The zero-order valence-corrected chi connectivity index (χ0v) is 12.6. The second kappa shape index (κ2) is 9.17. The third-order valence-electron chi connectivity index (χ3n) is 2.89. The molecular formula is C13H25N3O4. The number of nitrogens with zero attached hydrogens (tertiary/aromatic N) is 1. The van der Waals surface area contributed by atoms with Crippen LogP contribution in [-0.2, 0) is 9.59 Å². The molecule has 1 unspecified atom stereocenters. The van der Waals surface area contributed by atoms with E-state index in [-0.39, 0.29) is 24.9 Å². The second-order valence-electron chi connectivity index (χ2n) is 5.04. The Hall–Kier alpha value is -1.79. The molecule has 3 amide bonds. The van der Waals surface area contributed by atoms with E-state index in [1.807, 2.05) is 13.8 Å². The van der Waals surface area contributed by atoms with Gasteiger partial charge in [0.1, 0.15) is 6.54 Å². The van der Waals surface area contributed by atoms with E-state index < -0.39 is 17.9 Å². The van der Waals surface area contributed by atoms with Crippen molar-refractivity contribution in [3.05, 3.63) is 0 Å². The minimum Gasteiger partial charge on any atom is -0.481 e. The van der Waals surface area contributed by atoms with Gasteiger partial charge in [0.25, 0.3) is 0 Å². The fourth-order valence-electron chi connectivity index (χ4n) is 1.74. The van der Waals surface area contributed by atoms with Gasteiger partial charge < -0.3 is 20.6 Å². The van der Waals surface area contributed by atoms with Gasteiger partial charge in [-0.15, -0.1) is 0 Å². The van der Waals surface area contributed by atoms with Crippen molar-refractivity contribution in [1.29, 1.82) is 0 Å². The number of hydrogen-bond acceptors (Lipinski definition) is 3. The molecule has 0 aliphatic rings. The number of amides is 3. The van der Waals surface area contributed by atoms with Gasteiger partial charge in [0.15, 0.2) is 0 Å². The van der Waals surface area contributed by atoms with E-state index in [9.17, 15) is 14.4 Å². The van der Waals surface area contributed by atoms with E-state index in [0.717, 1.165) is 0 Å². The van der Waals surface area contributed by atoms with E-state index in [2.05, 4.69) is 10.6 Å². The third kappa shape index (κ3) is 6.96. The van der Waals surface area contributed by atoms with Gasteiger partial charge in [-0.1, -0.05) is 13.8 Å². The highest BCUT2D eigenvalue weighted by atomic mass is 16.4. The van der Waals surface area contributed by atoms with Crippen molar-refractivity contribution in [2.45, 2.75) is 27.2 Å². The van der Waals surface area contributed by atoms with Crippen LogP contribution in [0.4, 0.5) is 4.79 Å². The van der Waals surface area contributed by atoms with Crippen LogP contribution in [0.1, 0.15) is 27.2 Å². The molecule has 0 saturated heterocycles. The fourth-order valence-corrected chi connectivity index (χ4v) is 1.74. The molecule has 7 nitrogen and oxygen atoms in total. The van der Waals surface area contributed by atoms with Crippen LogP contribution in [0.25, 0.3) is 0 Å². The van der Waals surface area contributed by atoms with Crippen molar-refractivity contribution < 1.29 is 19.5 Å². The molecule has 0 aromatic rings. The summed E-state index contributed by atoms with van der Waals surface area (Å²) in [5, 5.41) is 14.1. The number of carbonyl (C=O) groups excluding carboxylic acids is 2. The van der Waals surface area contributed by atoms with Crippen molar-refractivity contribution in [3.63, 3.8) is 0 Å².